The van der Waals surface area contributed by atoms with Gasteiger partial charge in [0.15, 0.2) is 0 Å². The van der Waals surface area contributed by atoms with E-state index in [9.17, 15) is 0 Å². The third-order valence-corrected chi connectivity index (χ3v) is 3.16. The smallest absolute Gasteiger partial charge is 0.138 e. The molecule has 0 unspecified atom stereocenters. The minimum absolute atomic E-state index is 0.207. The molecule has 0 amide bonds. The summed E-state index contributed by atoms with van der Waals surface area (Å²) in [5, 5.41) is 0. The summed E-state index contributed by atoms with van der Waals surface area (Å²) >= 11 is 0. The van der Waals surface area contributed by atoms with Crippen molar-refractivity contribution < 1.29 is 0 Å². The average molecular weight is 266 g/mol. The van der Waals surface area contributed by atoms with Crippen LogP contribution >= 0.6 is 0 Å². The van der Waals surface area contributed by atoms with Gasteiger partial charge in [-0.15, -0.1) is 0 Å². The first-order chi connectivity index (χ1) is 9.51. The molecule has 3 N–H and O–H groups in total. The second kappa shape index (κ2) is 4.72. The second-order valence-electron chi connectivity index (χ2n) is 5.84. The Labute approximate surface area is 118 Å². The number of aromatic nitrogens is 3. The number of rotatable bonds is 3. The fraction of sp³-hybridized carbons (Fsp3) is 0.250. The Bertz CT molecular complexity index is 723. The molecule has 0 radical (unpaired) electrons. The van der Waals surface area contributed by atoms with E-state index < -0.39 is 0 Å². The third kappa shape index (κ3) is 2.70. The largest absolute Gasteiger partial charge is 0.338 e. The third-order valence-electron chi connectivity index (χ3n) is 3.16. The van der Waals surface area contributed by atoms with Crippen LogP contribution in [0.15, 0.2) is 42.7 Å². The van der Waals surface area contributed by atoms with Crippen molar-refractivity contribution in [2.45, 2.75) is 25.8 Å². The van der Waals surface area contributed by atoms with Crippen LogP contribution in [0.25, 0.3) is 22.4 Å². The molecular weight excluding hydrogens is 248 g/mol. The van der Waals surface area contributed by atoms with Crippen molar-refractivity contribution >= 4 is 11.0 Å². The molecule has 2 aromatic heterocycles. The summed E-state index contributed by atoms with van der Waals surface area (Å²) in [5.41, 5.74) is 10.1. The van der Waals surface area contributed by atoms with Crippen LogP contribution in [0.1, 0.15) is 19.4 Å². The SMILES string of the molecule is CC(C)(N)Cc1ccc2nc(-c3ccncc3)[nH]c2c1. The predicted molar refractivity (Wildman–Crippen MR) is 81.3 cm³/mol. The molecule has 0 spiro atoms. The summed E-state index contributed by atoms with van der Waals surface area (Å²) < 4.78 is 0. The number of nitrogens with two attached hydrogens (primary N) is 1. The zero-order valence-electron chi connectivity index (χ0n) is 11.7. The van der Waals surface area contributed by atoms with Crippen molar-refractivity contribution in [1.82, 2.24) is 15.0 Å². The molecule has 2 heterocycles. The molecule has 102 valence electrons. The van der Waals surface area contributed by atoms with Gasteiger partial charge in [0, 0.05) is 23.5 Å². The molecular formula is C16H18N4. The van der Waals surface area contributed by atoms with Gasteiger partial charge in [-0.05, 0) is 50.1 Å². The summed E-state index contributed by atoms with van der Waals surface area (Å²) in [6.07, 6.45) is 4.38. The lowest BCUT2D eigenvalue weighted by Crippen LogP contribution is -2.34. The normalized spacial score (nSPS) is 11.9. The lowest BCUT2D eigenvalue weighted by Gasteiger charge is -2.18. The van der Waals surface area contributed by atoms with Crippen molar-refractivity contribution in [2.24, 2.45) is 5.73 Å². The fourth-order valence-electron chi connectivity index (χ4n) is 2.34. The van der Waals surface area contributed by atoms with Gasteiger partial charge in [-0.1, -0.05) is 6.07 Å². The molecule has 3 aromatic rings. The number of hydrogen-bond donors (Lipinski definition) is 2. The number of aromatic amines is 1. The predicted octanol–water partition coefficient (Wildman–Crippen LogP) is 2.90. The van der Waals surface area contributed by atoms with Crippen LogP contribution in [0.4, 0.5) is 0 Å². The van der Waals surface area contributed by atoms with E-state index >= 15 is 0 Å². The Balaban J connectivity index is 2.00. The van der Waals surface area contributed by atoms with Gasteiger partial charge in [0.2, 0.25) is 0 Å². The van der Waals surface area contributed by atoms with E-state index in [0.717, 1.165) is 28.8 Å². The Kier molecular flexibility index (Phi) is 3.03. The molecule has 1 aromatic carbocycles. The van der Waals surface area contributed by atoms with Gasteiger partial charge in [0.25, 0.3) is 0 Å². The maximum Gasteiger partial charge on any atom is 0.138 e. The van der Waals surface area contributed by atoms with Crippen molar-refractivity contribution in [3.63, 3.8) is 0 Å². The maximum atomic E-state index is 6.08. The molecule has 20 heavy (non-hydrogen) atoms. The van der Waals surface area contributed by atoms with E-state index in [1.165, 1.54) is 5.56 Å². The highest BCUT2D eigenvalue weighted by Gasteiger charge is 2.13. The van der Waals surface area contributed by atoms with Gasteiger partial charge in [-0.25, -0.2) is 4.98 Å². The molecule has 0 bridgehead atoms. The monoisotopic (exact) mass is 266 g/mol. The lowest BCUT2D eigenvalue weighted by molar-refractivity contribution is 0.517. The van der Waals surface area contributed by atoms with Crippen molar-refractivity contribution in [2.75, 3.05) is 0 Å². The van der Waals surface area contributed by atoms with E-state index in [-0.39, 0.29) is 5.54 Å². The number of imidazole rings is 1. The molecule has 3 rings (SSSR count). The number of pyridine rings is 1. The van der Waals surface area contributed by atoms with Crippen molar-refractivity contribution in [1.29, 1.82) is 0 Å². The molecule has 4 heteroatoms. The van der Waals surface area contributed by atoms with Gasteiger partial charge in [-0.2, -0.15) is 0 Å². The lowest BCUT2D eigenvalue weighted by atomic mass is 9.96. The zero-order chi connectivity index (χ0) is 14.2. The highest BCUT2D eigenvalue weighted by molar-refractivity contribution is 5.80. The Morgan fingerprint density at radius 3 is 2.60 bits per heavy atom. The van der Waals surface area contributed by atoms with Crippen LogP contribution in [0.3, 0.4) is 0 Å². The van der Waals surface area contributed by atoms with Gasteiger partial charge in [0.05, 0.1) is 11.0 Å². The minimum atomic E-state index is -0.207. The van der Waals surface area contributed by atoms with Gasteiger partial charge in [0.1, 0.15) is 5.82 Å². The van der Waals surface area contributed by atoms with Crippen molar-refractivity contribution in [3.05, 3.63) is 48.3 Å². The van der Waals surface area contributed by atoms with E-state index in [1.807, 2.05) is 32.0 Å². The fourth-order valence-corrected chi connectivity index (χ4v) is 2.34. The van der Waals surface area contributed by atoms with E-state index in [0.29, 0.717) is 0 Å². The van der Waals surface area contributed by atoms with E-state index in [1.54, 1.807) is 12.4 Å². The van der Waals surface area contributed by atoms with E-state index in [2.05, 4.69) is 27.1 Å². The van der Waals surface area contributed by atoms with Crippen LogP contribution in [-0.4, -0.2) is 20.5 Å². The summed E-state index contributed by atoms with van der Waals surface area (Å²) in [7, 11) is 0. The van der Waals surface area contributed by atoms with Crippen LogP contribution in [-0.2, 0) is 6.42 Å². The average Bonchev–Trinajstić information content (AvgIpc) is 2.81. The summed E-state index contributed by atoms with van der Waals surface area (Å²) in [5.74, 6) is 0.867. The summed E-state index contributed by atoms with van der Waals surface area (Å²) in [6, 6.07) is 10.1. The first kappa shape index (κ1) is 12.8. The number of H-pyrrole nitrogens is 1. The van der Waals surface area contributed by atoms with Crippen LogP contribution in [0.2, 0.25) is 0 Å². The highest BCUT2D eigenvalue weighted by atomic mass is 14.9. The van der Waals surface area contributed by atoms with Crippen LogP contribution in [0, 0.1) is 0 Å². The number of nitrogens with zero attached hydrogens (tertiary/aromatic N) is 2. The van der Waals surface area contributed by atoms with E-state index in [4.69, 9.17) is 5.73 Å². The Hall–Kier alpha value is -2.20. The van der Waals surface area contributed by atoms with Gasteiger partial charge >= 0.3 is 0 Å². The number of nitrogens with one attached hydrogen (secondary N) is 1. The molecule has 0 fully saturated rings. The minimum Gasteiger partial charge on any atom is -0.338 e. The molecule has 4 nitrogen and oxygen atoms in total. The molecule has 0 aliphatic rings. The maximum absolute atomic E-state index is 6.08. The van der Waals surface area contributed by atoms with Gasteiger partial charge in [-0.3, -0.25) is 4.98 Å². The number of benzene rings is 1. The topological polar surface area (TPSA) is 67.6 Å². The zero-order valence-corrected chi connectivity index (χ0v) is 11.7. The first-order valence-corrected chi connectivity index (χ1v) is 6.69. The molecule has 0 saturated carbocycles. The number of fused-ring (bicyclic) bond motifs is 1. The quantitative estimate of drug-likeness (QED) is 0.766. The molecule has 0 saturated heterocycles. The van der Waals surface area contributed by atoms with Gasteiger partial charge < -0.3 is 10.7 Å². The number of hydrogen-bond acceptors (Lipinski definition) is 3. The van der Waals surface area contributed by atoms with Crippen LogP contribution < -0.4 is 5.73 Å². The molecule has 0 aliphatic heterocycles. The first-order valence-electron chi connectivity index (χ1n) is 6.69. The molecule has 0 atom stereocenters. The van der Waals surface area contributed by atoms with Crippen molar-refractivity contribution in [3.8, 4) is 11.4 Å². The molecule has 0 aliphatic carbocycles. The Morgan fingerprint density at radius 1 is 1.15 bits per heavy atom. The standard InChI is InChI=1S/C16H18N4/c1-16(2,17)10-11-3-4-13-14(9-11)20-15(19-13)12-5-7-18-8-6-12/h3-9H,10,17H2,1-2H3,(H,19,20). The summed E-state index contributed by atoms with van der Waals surface area (Å²) in [4.78, 5) is 12.0. The second-order valence-corrected chi connectivity index (χ2v) is 5.84. The van der Waals surface area contributed by atoms with Crippen LogP contribution in [0.5, 0.6) is 0 Å². The Morgan fingerprint density at radius 2 is 1.90 bits per heavy atom. The highest BCUT2D eigenvalue weighted by Crippen LogP contribution is 2.22. The summed E-state index contributed by atoms with van der Waals surface area (Å²) in [6.45, 7) is 4.07.